The fourth-order valence-corrected chi connectivity index (χ4v) is 3.17. The zero-order chi connectivity index (χ0) is 16.4. The van der Waals surface area contributed by atoms with E-state index in [9.17, 15) is 4.79 Å². The van der Waals surface area contributed by atoms with Crippen molar-refractivity contribution in [2.45, 2.75) is 19.9 Å². The van der Waals surface area contributed by atoms with Crippen molar-refractivity contribution in [3.8, 4) is 0 Å². The Kier molecular flexibility index (Phi) is 4.63. The van der Waals surface area contributed by atoms with Crippen molar-refractivity contribution in [1.29, 1.82) is 0 Å². The molecule has 0 unspecified atom stereocenters. The maximum Gasteiger partial charge on any atom is 0.269 e. The van der Waals surface area contributed by atoms with E-state index in [-0.39, 0.29) is 5.91 Å². The molecule has 23 heavy (non-hydrogen) atoms. The summed E-state index contributed by atoms with van der Waals surface area (Å²) in [6.45, 7) is 2.44. The fourth-order valence-electron chi connectivity index (χ4n) is 2.42. The minimum atomic E-state index is -0.0531. The number of amides is 1. The van der Waals surface area contributed by atoms with E-state index >= 15 is 0 Å². The summed E-state index contributed by atoms with van der Waals surface area (Å²) in [6.07, 6.45) is 0.327. The first-order valence-corrected chi connectivity index (χ1v) is 8.39. The van der Waals surface area contributed by atoms with E-state index in [4.69, 9.17) is 16.6 Å². The lowest BCUT2D eigenvalue weighted by atomic mass is 10.2. The topological polar surface area (TPSA) is 47.2 Å². The molecule has 6 heteroatoms. The number of nitrogens with zero attached hydrogens (tertiary/aromatic N) is 1. The lowest BCUT2D eigenvalue weighted by Crippen LogP contribution is -2.15. The zero-order valence-electron chi connectivity index (χ0n) is 12.5. The van der Waals surface area contributed by atoms with Crippen molar-refractivity contribution in [1.82, 2.24) is 4.57 Å². The predicted octanol–water partition coefficient (Wildman–Crippen LogP) is 5.06. The molecule has 1 N–H and O–H groups in total. The predicted molar refractivity (Wildman–Crippen MR) is 97.2 cm³/mol. The third kappa shape index (κ3) is 3.54. The molecule has 4 nitrogen and oxygen atoms in total. The third-order valence-corrected chi connectivity index (χ3v) is 4.40. The van der Waals surface area contributed by atoms with Gasteiger partial charge in [-0.15, -0.1) is 0 Å². The van der Waals surface area contributed by atoms with Crippen molar-refractivity contribution in [3.05, 3.63) is 57.3 Å². The van der Waals surface area contributed by atoms with Crippen molar-refractivity contribution < 1.29 is 9.21 Å². The number of aryl methyl sites for hydroxylation is 2. The molecule has 0 aliphatic carbocycles. The Bertz CT molecular complexity index is 930. The monoisotopic (exact) mass is 390 g/mol. The quantitative estimate of drug-likeness (QED) is 0.632. The van der Waals surface area contributed by atoms with Crippen molar-refractivity contribution in [2.75, 3.05) is 5.32 Å². The number of para-hydroxylation sites is 2. The molecule has 0 bridgehead atoms. The first-order chi connectivity index (χ1) is 11.0. The summed E-state index contributed by atoms with van der Waals surface area (Å²) in [5.74, 6) is -0.0531. The third-order valence-electron chi connectivity index (χ3n) is 3.60. The minimum Gasteiger partial charge on any atom is -0.429 e. The number of oxazole rings is 1. The van der Waals surface area contributed by atoms with E-state index in [1.807, 2.05) is 54.0 Å². The second-order valence-corrected chi connectivity index (χ2v) is 6.51. The number of nitrogens with one attached hydrogen (secondary N) is 1. The van der Waals surface area contributed by atoms with Gasteiger partial charge in [-0.25, -0.2) is 0 Å². The molecule has 0 fully saturated rings. The number of carbonyl (C=O) groups excluding carboxylic acids is 1. The van der Waals surface area contributed by atoms with Crippen LogP contribution in [-0.2, 0) is 11.3 Å². The molecule has 118 valence electrons. The second kappa shape index (κ2) is 6.68. The number of benzene rings is 2. The highest BCUT2D eigenvalue weighted by molar-refractivity contribution is 9.10. The van der Waals surface area contributed by atoms with E-state index in [0.717, 1.165) is 26.8 Å². The van der Waals surface area contributed by atoms with Crippen LogP contribution in [0.4, 0.5) is 5.69 Å². The van der Waals surface area contributed by atoms with Gasteiger partial charge in [-0.3, -0.25) is 9.36 Å². The van der Waals surface area contributed by atoms with Crippen molar-refractivity contribution in [2.24, 2.45) is 0 Å². The summed E-state index contributed by atoms with van der Waals surface area (Å²) >= 11 is 8.64. The van der Waals surface area contributed by atoms with Crippen LogP contribution in [0.3, 0.4) is 0 Å². The molecule has 1 heterocycles. The van der Waals surface area contributed by atoms with Crippen LogP contribution in [0.1, 0.15) is 12.0 Å². The summed E-state index contributed by atoms with van der Waals surface area (Å²) in [5.41, 5.74) is 3.48. The van der Waals surface area contributed by atoms with Crippen LogP contribution in [0.2, 0.25) is 0 Å². The number of fused-ring (bicyclic) bond motifs is 1. The SMILES string of the molecule is Cc1cc(Br)ccc1NC(=O)CCn1c(=S)oc2ccccc21. The smallest absolute Gasteiger partial charge is 0.269 e. The number of anilines is 1. The number of hydrogen-bond acceptors (Lipinski definition) is 3. The van der Waals surface area contributed by atoms with Crippen LogP contribution in [0.15, 0.2) is 51.4 Å². The van der Waals surface area contributed by atoms with Gasteiger partial charge in [-0.05, 0) is 55.0 Å². The maximum atomic E-state index is 12.2. The van der Waals surface area contributed by atoms with Gasteiger partial charge in [0.05, 0.1) is 5.52 Å². The standard InChI is InChI=1S/C17H15BrN2O2S/c1-11-10-12(18)6-7-13(11)19-16(21)8-9-20-14-4-2-3-5-15(14)22-17(20)23/h2-7,10H,8-9H2,1H3,(H,19,21). The molecule has 1 amide bonds. The highest BCUT2D eigenvalue weighted by Crippen LogP contribution is 2.21. The van der Waals surface area contributed by atoms with Gasteiger partial charge in [0.2, 0.25) is 5.91 Å². The lowest BCUT2D eigenvalue weighted by molar-refractivity contribution is -0.116. The largest absolute Gasteiger partial charge is 0.429 e. The average molecular weight is 391 g/mol. The first kappa shape index (κ1) is 16.0. The van der Waals surface area contributed by atoms with Gasteiger partial charge in [-0.1, -0.05) is 28.1 Å². The van der Waals surface area contributed by atoms with E-state index in [0.29, 0.717) is 17.8 Å². The Morgan fingerprint density at radius 1 is 1.30 bits per heavy atom. The fraction of sp³-hybridized carbons (Fsp3) is 0.176. The maximum absolute atomic E-state index is 12.2. The summed E-state index contributed by atoms with van der Waals surface area (Å²) in [6, 6.07) is 13.4. The molecule has 2 aromatic carbocycles. The van der Waals surface area contributed by atoms with Gasteiger partial charge in [0.25, 0.3) is 4.84 Å². The first-order valence-electron chi connectivity index (χ1n) is 7.19. The van der Waals surface area contributed by atoms with E-state index in [2.05, 4.69) is 21.2 Å². The average Bonchev–Trinajstić information content (AvgIpc) is 2.83. The molecule has 0 saturated heterocycles. The molecule has 0 aliphatic rings. The van der Waals surface area contributed by atoms with Crippen LogP contribution >= 0.6 is 28.1 Å². The van der Waals surface area contributed by atoms with E-state index in [1.54, 1.807) is 0 Å². The van der Waals surface area contributed by atoms with Crippen LogP contribution in [0.5, 0.6) is 0 Å². The minimum absolute atomic E-state index is 0.0531. The van der Waals surface area contributed by atoms with Crippen molar-refractivity contribution >= 4 is 50.8 Å². The van der Waals surface area contributed by atoms with Gasteiger partial charge in [-0.2, -0.15) is 0 Å². The Morgan fingerprint density at radius 3 is 2.87 bits per heavy atom. The van der Waals surface area contributed by atoms with Gasteiger partial charge in [0.1, 0.15) is 0 Å². The molecular weight excluding hydrogens is 376 g/mol. The molecule has 0 radical (unpaired) electrons. The summed E-state index contributed by atoms with van der Waals surface area (Å²) in [4.78, 5) is 12.6. The zero-order valence-corrected chi connectivity index (χ0v) is 14.9. The molecule has 0 atom stereocenters. The Labute approximate surface area is 147 Å². The molecule has 1 aromatic heterocycles. The van der Waals surface area contributed by atoms with E-state index < -0.39 is 0 Å². The highest BCUT2D eigenvalue weighted by atomic mass is 79.9. The molecule has 3 aromatic rings. The van der Waals surface area contributed by atoms with Crippen molar-refractivity contribution in [3.63, 3.8) is 0 Å². The van der Waals surface area contributed by atoms with Crippen LogP contribution in [0, 0.1) is 11.8 Å². The van der Waals surface area contributed by atoms with Gasteiger partial charge >= 0.3 is 0 Å². The number of hydrogen-bond donors (Lipinski definition) is 1. The summed E-state index contributed by atoms with van der Waals surface area (Å²) in [7, 11) is 0. The number of carbonyl (C=O) groups is 1. The molecule has 0 saturated carbocycles. The molecule has 3 rings (SSSR count). The normalized spacial score (nSPS) is 10.9. The molecule has 0 spiro atoms. The number of aromatic nitrogens is 1. The van der Waals surface area contributed by atoms with Crippen LogP contribution in [0.25, 0.3) is 11.1 Å². The van der Waals surface area contributed by atoms with Gasteiger partial charge in [0, 0.05) is 23.1 Å². The van der Waals surface area contributed by atoms with E-state index in [1.165, 1.54) is 0 Å². The van der Waals surface area contributed by atoms with Crippen LogP contribution in [-0.4, -0.2) is 10.5 Å². The van der Waals surface area contributed by atoms with Gasteiger partial charge in [0.15, 0.2) is 5.58 Å². The lowest BCUT2D eigenvalue weighted by Gasteiger charge is -2.09. The molecule has 0 aliphatic heterocycles. The summed E-state index contributed by atoms with van der Waals surface area (Å²) in [5, 5.41) is 2.93. The van der Waals surface area contributed by atoms with Crippen LogP contribution < -0.4 is 5.32 Å². The van der Waals surface area contributed by atoms with Gasteiger partial charge < -0.3 is 9.73 Å². The number of rotatable bonds is 4. The Balaban J connectivity index is 1.71. The second-order valence-electron chi connectivity index (χ2n) is 5.24. The number of halogens is 1. The molecular formula is C17H15BrN2O2S. The Morgan fingerprint density at radius 2 is 2.09 bits per heavy atom. The Hall–Kier alpha value is -1.92. The summed E-state index contributed by atoms with van der Waals surface area (Å²) < 4.78 is 8.36. The highest BCUT2D eigenvalue weighted by Gasteiger charge is 2.09.